The van der Waals surface area contributed by atoms with Gasteiger partial charge in [-0.3, -0.25) is 14.3 Å². The number of halogens is 5. The Morgan fingerprint density at radius 1 is 1.19 bits per heavy atom. The van der Waals surface area contributed by atoms with Gasteiger partial charge in [0.1, 0.15) is 5.69 Å². The Labute approximate surface area is 162 Å². The van der Waals surface area contributed by atoms with E-state index in [1.807, 2.05) is 0 Å². The minimum absolute atomic E-state index is 0.130. The number of pyridine rings is 1. The fourth-order valence-corrected chi connectivity index (χ4v) is 2.36. The van der Waals surface area contributed by atoms with Gasteiger partial charge in [0, 0.05) is 11.2 Å². The molecule has 12 heteroatoms. The summed E-state index contributed by atoms with van der Waals surface area (Å²) in [6.45, 7) is 0. The molecule has 0 aliphatic rings. The van der Waals surface area contributed by atoms with Gasteiger partial charge in [0.05, 0.1) is 16.0 Å². The molecule has 1 amide bonds. The smallest absolute Gasteiger partial charge is 0.366 e. The van der Waals surface area contributed by atoms with Gasteiger partial charge in [0.15, 0.2) is 0 Å². The molecule has 0 bridgehead atoms. The van der Waals surface area contributed by atoms with E-state index in [0.29, 0.717) is 16.5 Å². The lowest BCUT2D eigenvalue weighted by atomic mass is 10.2. The molecule has 0 aliphatic heterocycles. The van der Waals surface area contributed by atoms with Gasteiger partial charge in [0.25, 0.3) is 10.1 Å². The van der Waals surface area contributed by atoms with Crippen molar-refractivity contribution >= 4 is 45.3 Å². The molecule has 0 saturated heterocycles. The van der Waals surface area contributed by atoms with Crippen molar-refractivity contribution in [2.24, 2.45) is 5.73 Å². The van der Waals surface area contributed by atoms with Crippen LogP contribution in [-0.4, -0.2) is 23.9 Å². The number of hydrogen-bond donors (Lipinski definition) is 2. The number of aromatic nitrogens is 1. The first-order chi connectivity index (χ1) is 12.3. The summed E-state index contributed by atoms with van der Waals surface area (Å²) in [5.74, 6) is -0.549. The molecule has 0 unspecified atom stereocenters. The largest absolute Gasteiger partial charge is 0.433 e. The minimum atomic E-state index is -4.54. The number of hydrogen-bond acceptors (Lipinski definition) is 4. The molecule has 2 aromatic rings. The molecule has 6 nitrogen and oxygen atoms in total. The van der Waals surface area contributed by atoms with Gasteiger partial charge in [-0.2, -0.15) is 21.6 Å². The van der Waals surface area contributed by atoms with E-state index in [1.54, 1.807) is 6.07 Å². The summed E-state index contributed by atoms with van der Waals surface area (Å²) < 4.78 is 65.2. The number of benzene rings is 1. The molecule has 0 saturated carbocycles. The van der Waals surface area contributed by atoms with Crippen LogP contribution in [0.1, 0.15) is 21.6 Å². The Morgan fingerprint density at radius 2 is 1.81 bits per heavy atom. The number of primary amides is 1. The zero-order valence-corrected chi connectivity index (χ0v) is 15.4. The van der Waals surface area contributed by atoms with E-state index in [2.05, 4.69) is 4.98 Å². The molecule has 146 valence electrons. The Hall–Kier alpha value is -2.14. The Kier molecular flexibility index (Phi) is 7.78. The highest BCUT2D eigenvalue weighted by Gasteiger charge is 2.31. The lowest BCUT2D eigenvalue weighted by Crippen LogP contribution is -2.11. The summed E-state index contributed by atoms with van der Waals surface area (Å²) in [5, 5.41) is 1.22. The molecule has 1 heterocycles. The third kappa shape index (κ3) is 8.39. The zero-order valence-electron chi connectivity index (χ0n) is 13.1. The quantitative estimate of drug-likeness (QED) is 0.696. The van der Waals surface area contributed by atoms with Gasteiger partial charge < -0.3 is 5.73 Å². The van der Waals surface area contributed by atoms with Crippen LogP contribution in [0.15, 0.2) is 41.9 Å². The molecule has 2 rings (SSSR count). The molecule has 1 aromatic heterocycles. The number of rotatable bonds is 3. The van der Waals surface area contributed by atoms with E-state index in [9.17, 15) is 26.4 Å². The highest BCUT2D eigenvalue weighted by molar-refractivity contribution is 7.88. The fourth-order valence-electron chi connectivity index (χ4n) is 1.53. The van der Waals surface area contributed by atoms with Crippen LogP contribution in [0.4, 0.5) is 13.2 Å². The lowest BCUT2D eigenvalue weighted by molar-refractivity contribution is -0.141. The minimum Gasteiger partial charge on any atom is -0.366 e. The average molecular weight is 443 g/mol. The van der Waals surface area contributed by atoms with E-state index in [1.165, 1.54) is 12.1 Å². The van der Waals surface area contributed by atoms with E-state index in [0.717, 1.165) is 18.3 Å². The molecule has 0 atom stereocenters. The average Bonchev–Trinajstić information content (AvgIpc) is 2.52. The predicted molar refractivity (Wildman–Crippen MR) is 94.8 cm³/mol. The van der Waals surface area contributed by atoms with E-state index in [4.69, 9.17) is 33.5 Å². The second-order valence-corrected chi connectivity index (χ2v) is 6.93. The first-order valence-corrected chi connectivity index (χ1v) is 8.99. The second kappa shape index (κ2) is 9.18. The highest BCUT2D eigenvalue weighted by atomic mass is 35.5. The summed E-state index contributed by atoms with van der Waals surface area (Å²) in [6.07, 6.45) is -2.75. The van der Waals surface area contributed by atoms with Gasteiger partial charge in [-0.1, -0.05) is 29.3 Å². The summed E-state index contributed by atoms with van der Waals surface area (Å²) in [7, 11) is -4.29. The Balaban J connectivity index is 0.000000289. The standard InChI is InChI=1S/C8H6F3NO3S.C7H5Cl2NO/c9-8(10,11)7-2-1-6(5-12-7)3-4-16(13,14)15;8-4-1-2-5(7(10)11)6(9)3-4/h1-5H,(H,13,14,15);1-3H,(H2,10,11)/b4-3+;. The van der Waals surface area contributed by atoms with Crippen LogP contribution in [0.5, 0.6) is 0 Å². The van der Waals surface area contributed by atoms with Gasteiger partial charge in [-0.25, -0.2) is 0 Å². The van der Waals surface area contributed by atoms with Crippen molar-refractivity contribution in [2.45, 2.75) is 6.18 Å². The third-order valence-electron chi connectivity index (χ3n) is 2.71. The van der Waals surface area contributed by atoms with Crippen LogP contribution in [0.25, 0.3) is 6.08 Å². The van der Waals surface area contributed by atoms with E-state index >= 15 is 0 Å². The van der Waals surface area contributed by atoms with E-state index < -0.39 is 27.9 Å². The van der Waals surface area contributed by atoms with Crippen LogP contribution < -0.4 is 5.73 Å². The molecule has 3 N–H and O–H groups in total. The van der Waals surface area contributed by atoms with E-state index in [-0.39, 0.29) is 16.1 Å². The molecule has 0 radical (unpaired) electrons. The van der Waals surface area contributed by atoms with Crippen molar-refractivity contribution in [3.05, 3.63) is 68.8 Å². The molecule has 27 heavy (non-hydrogen) atoms. The van der Waals surface area contributed by atoms with Crippen molar-refractivity contribution in [3.8, 4) is 0 Å². The van der Waals surface area contributed by atoms with Crippen molar-refractivity contribution in [1.82, 2.24) is 4.98 Å². The van der Waals surface area contributed by atoms with Crippen LogP contribution >= 0.6 is 23.2 Å². The molecule has 1 aromatic carbocycles. The zero-order chi connectivity index (χ0) is 20.8. The maximum absolute atomic E-state index is 12.1. The fraction of sp³-hybridized carbons (Fsp3) is 0.0667. The number of alkyl halides is 3. The van der Waals surface area contributed by atoms with Crippen molar-refractivity contribution in [3.63, 3.8) is 0 Å². The molecule has 0 aliphatic carbocycles. The van der Waals surface area contributed by atoms with Gasteiger partial charge in [-0.05, 0) is 35.9 Å². The molecule has 0 fully saturated rings. The Morgan fingerprint density at radius 3 is 2.22 bits per heavy atom. The number of nitrogens with two attached hydrogens (primary N) is 1. The lowest BCUT2D eigenvalue weighted by Gasteiger charge is -2.04. The van der Waals surface area contributed by atoms with Crippen molar-refractivity contribution in [2.75, 3.05) is 0 Å². The third-order valence-corrected chi connectivity index (χ3v) is 3.73. The van der Waals surface area contributed by atoms with Gasteiger partial charge in [-0.15, -0.1) is 0 Å². The highest BCUT2D eigenvalue weighted by Crippen LogP contribution is 2.27. The topological polar surface area (TPSA) is 110 Å². The van der Waals surface area contributed by atoms with Crippen LogP contribution in [-0.2, 0) is 16.3 Å². The van der Waals surface area contributed by atoms with Gasteiger partial charge in [0.2, 0.25) is 5.91 Å². The summed E-state index contributed by atoms with van der Waals surface area (Å²) >= 11 is 11.2. The normalized spacial score (nSPS) is 11.8. The van der Waals surface area contributed by atoms with Gasteiger partial charge >= 0.3 is 6.18 Å². The maximum atomic E-state index is 12.1. The number of carbonyl (C=O) groups is 1. The van der Waals surface area contributed by atoms with Crippen molar-refractivity contribution in [1.29, 1.82) is 0 Å². The first-order valence-electron chi connectivity index (χ1n) is 6.73. The SMILES string of the molecule is NC(=O)c1ccc(Cl)cc1Cl.O=S(=O)(O)/C=C/c1ccc(C(F)(F)F)nc1. The number of nitrogens with zero attached hydrogens (tertiary/aromatic N) is 1. The maximum Gasteiger partial charge on any atom is 0.433 e. The van der Waals surface area contributed by atoms with Crippen molar-refractivity contribution < 1.29 is 30.9 Å². The predicted octanol–water partition coefficient (Wildman–Crippen LogP) is 4.05. The van der Waals surface area contributed by atoms with Crippen LogP contribution in [0, 0.1) is 0 Å². The Bertz CT molecular complexity index is 947. The summed E-state index contributed by atoms with van der Waals surface area (Å²) in [5.41, 5.74) is 4.34. The number of carbonyl (C=O) groups excluding carboxylic acids is 1. The number of amides is 1. The van der Waals surface area contributed by atoms with Crippen LogP contribution in [0.2, 0.25) is 10.0 Å². The monoisotopic (exact) mass is 442 g/mol. The molecule has 0 spiro atoms. The first kappa shape index (κ1) is 22.9. The molecular weight excluding hydrogens is 432 g/mol. The summed E-state index contributed by atoms with van der Waals surface area (Å²) in [4.78, 5) is 13.7. The second-order valence-electron chi connectivity index (χ2n) is 4.78. The van der Waals surface area contributed by atoms with Crippen LogP contribution in [0.3, 0.4) is 0 Å². The summed E-state index contributed by atoms with van der Waals surface area (Å²) in [6, 6.07) is 6.28. The molecular formula is C15H11Cl2F3N2O4S.